The number of carbonyl (C=O) groups is 2. The number of esters is 1. The highest BCUT2D eigenvalue weighted by Crippen LogP contribution is 2.11. The lowest BCUT2D eigenvalue weighted by atomic mass is 10.3. The van der Waals surface area contributed by atoms with E-state index in [1.807, 2.05) is 0 Å². The molecule has 0 bridgehead atoms. The zero-order valence-electron chi connectivity index (χ0n) is 9.44. The molecule has 0 saturated carbocycles. The third kappa shape index (κ3) is 5.10. The Bertz CT molecular complexity index is 403. The largest absolute Gasteiger partial charge is 0.486 e. The van der Waals surface area contributed by atoms with Crippen LogP contribution in [0.4, 0.5) is 4.39 Å². The van der Waals surface area contributed by atoms with Crippen LogP contribution in [0.15, 0.2) is 24.3 Å². The monoisotopic (exact) mass is 240 g/mol. The molecule has 0 aliphatic heterocycles. The van der Waals surface area contributed by atoms with Crippen LogP contribution in [0.25, 0.3) is 0 Å². The van der Waals surface area contributed by atoms with Gasteiger partial charge in [-0.3, -0.25) is 9.59 Å². The van der Waals surface area contributed by atoms with Gasteiger partial charge in [-0.25, -0.2) is 4.39 Å². The van der Waals surface area contributed by atoms with E-state index >= 15 is 0 Å². The number of halogens is 1. The second-order valence-electron chi connectivity index (χ2n) is 3.27. The quantitative estimate of drug-likeness (QED) is 0.561. The van der Waals surface area contributed by atoms with Gasteiger partial charge in [0.2, 0.25) is 0 Å². The molecule has 0 N–H and O–H groups in total. The van der Waals surface area contributed by atoms with Crippen molar-refractivity contribution in [1.29, 1.82) is 0 Å². The number of carbonyl (C=O) groups excluding carboxylic acids is 2. The summed E-state index contributed by atoms with van der Waals surface area (Å²) in [5.41, 5.74) is 0. The third-order valence-corrected chi connectivity index (χ3v) is 1.84. The van der Waals surface area contributed by atoms with E-state index in [0.29, 0.717) is 0 Å². The second kappa shape index (κ2) is 6.62. The number of benzene rings is 1. The van der Waals surface area contributed by atoms with Gasteiger partial charge in [-0.05, 0) is 19.1 Å². The van der Waals surface area contributed by atoms with Gasteiger partial charge in [0, 0.05) is 6.07 Å². The van der Waals surface area contributed by atoms with Crippen molar-refractivity contribution in [2.45, 2.75) is 13.3 Å². The van der Waals surface area contributed by atoms with Crippen molar-refractivity contribution in [2.75, 3.05) is 13.2 Å². The molecule has 0 amide bonds. The molecule has 0 aromatic heterocycles. The fraction of sp³-hybridized carbons (Fsp3) is 0.333. The summed E-state index contributed by atoms with van der Waals surface area (Å²) < 4.78 is 22.4. The van der Waals surface area contributed by atoms with E-state index in [9.17, 15) is 14.0 Å². The third-order valence-electron chi connectivity index (χ3n) is 1.84. The van der Waals surface area contributed by atoms with Crippen LogP contribution in [-0.2, 0) is 14.3 Å². The van der Waals surface area contributed by atoms with Crippen molar-refractivity contribution in [3.63, 3.8) is 0 Å². The van der Waals surface area contributed by atoms with E-state index in [1.54, 1.807) is 6.92 Å². The van der Waals surface area contributed by atoms with Gasteiger partial charge in [0.15, 0.2) is 5.78 Å². The van der Waals surface area contributed by atoms with Gasteiger partial charge in [0.25, 0.3) is 0 Å². The molecular weight excluding hydrogens is 227 g/mol. The smallest absolute Gasteiger partial charge is 0.313 e. The summed E-state index contributed by atoms with van der Waals surface area (Å²) in [5, 5.41) is 0. The maximum absolute atomic E-state index is 12.8. The summed E-state index contributed by atoms with van der Waals surface area (Å²) in [6, 6.07) is 5.44. The van der Waals surface area contributed by atoms with E-state index in [4.69, 9.17) is 4.74 Å². The molecular formula is C12H13FO4. The van der Waals surface area contributed by atoms with Crippen LogP contribution in [0.1, 0.15) is 13.3 Å². The van der Waals surface area contributed by atoms with Crippen molar-refractivity contribution in [3.05, 3.63) is 30.1 Å². The van der Waals surface area contributed by atoms with E-state index in [2.05, 4.69) is 4.74 Å². The van der Waals surface area contributed by atoms with Gasteiger partial charge in [0.1, 0.15) is 24.6 Å². The first-order chi connectivity index (χ1) is 8.11. The summed E-state index contributed by atoms with van der Waals surface area (Å²) in [7, 11) is 0. The first kappa shape index (κ1) is 13.2. The maximum Gasteiger partial charge on any atom is 0.313 e. The van der Waals surface area contributed by atoms with Crippen LogP contribution in [0.2, 0.25) is 0 Å². The van der Waals surface area contributed by atoms with Gasteiger partial charge in [-0.2, -0.15) is 0 Å². The Labute approximate surface area is 98.3 Å². The Morgan fingerprint density at radius 3 is 2.76 bits per heavy atom. The van der Waals surface area contributed by atoms with Crippen LogP contribution in [0.3, 0.4) is 0 Å². The molecule has 1 aromatic carbocycles. The zero-order valence-corrected chi connectivity index (χ0v) is 9.44. The topological polar surface area (TPSA) is 52.6 Å². The molecule has 0 spiro atoms. The minimum absolute atomic E-state index is 0.233. The predicted octanol–water partition coefficient (Wildman–Crippen LogP) is 1.73. The van der Waals surface area contributed by atoms with Crippen molar-refractivity contribution < 1.29 is 23.5 Å². The van der Waals surface area contributed by atoms with E-state index in [-0.39, 0.29) is 25.4 Å². The number of rotatable bonds is 6. The predicted molar refractivity (Wildman–Crippen MR) is 58.2 cm³/mol. The number of ketones is 1. The van der Waals surface area contributed by atoms with Gasteiger partial charge in [-0.1, -0.05) is 6.07 Å². The van der Waals surface area contributed by atoms with Gasteiger partial charge in [0.05, 0.1) is 6.61 Å². The molecule has 0 aliphatic carbocycles. The van der Waals surface area contributed by atoms with E-state index < -0.39 is 17.6 Å². The molecule has 0 atom stereocenters. The van der Waals surface area contributed by atoms with Crippen LogP contribution in [-0.4, -0.2) is 25.0 Å². The summed E-state index contributed by atoms with van der Waals surface area (Å²) in [6.45, 7) is 1.62. The number of Topliss-reactive ketones (excluding diaryl/α,β-unsaturated/α-hetero) is 1. The molecule has 92 valence electrons. The molecule has 0 fully saturated rings. The van der Waals surface area contributed by atoms with Crippen molar-refractivity contribution in [2.24, 2.45) is 0 Å². The molecule has 4 nitrogen and oxygen atoms in total. The van der Waals surface area contributed by atoms with Crippen molar-refractivity contribution >= 4 is 11.8 Å². The SMILES string of the molecule is CCOC(=O)CC(=O)COc1cccc(F)c1. The van der Waals surface area contributed by atoms with Gasteiger partial charge < -0.3 is 9.47 Å². The van der Waals surface area contributed by atoms with Crippen LogP contribution < -0.4 is 4.74 Å². The number of hydrogen-bond acceptors (Lipinski definition) is 4. The Balaban J connectivity index is 2.35. The lowest BCUT2D eigenvalue weighted by Gasteiger charge is -2.05. The molecule has 5 heteroatoms. The molecule has 17 heavy (non-hydrogen) atoms. The summed E-state index contributed by atoms with van der Waals surface area (Å²) >= 11 is 0. The Morgan fingerprint density at radius 1 is 1.35 bits per heavy atom. The lowest BCUT2D eigenvalue weighted by molar-refractivity contribution is -0.145. The first-order valence-corrected chi connectivity index (χ1v) is 5.17. The molecule has 1 rings (SSSR count). The zero-order chi connectivity index (χ0) is 12.7. The van der Waals surface area contributed by atoms with Gasteiger partial charge >= 0.3 is 5.97 Å². The molecule has 0 heterocycles. The lowest BCUT2D eigenvalue weighted by Crippen LogP contribution is -2.17. The van der Waals surface area contributed by atoms with E-state index in [0.717, 1.165) is 6.07 Å². The highest BCUT2D eigenvalue weighted by Gasteiger charge is 2.10. The van der Waals surface area contributed by atoms with Crippen LogP contribution >= 0.6 is 0 Å². The van der Waals surface area contributed by atoms with E-state index in [1.165, 1.54) is 18.2 Å². The average molecular weight is 240 g/mol. The minimum Gasteiger partial charge on any atom is -0.486 e. The van der Waals surface area contributed by atoms with Crippen molar-refractivity contribution in [3.8, 4) is 5.75 Å². The summed E-state index contributed by atoms with van der Waals surface area (Å²) in [4.78, 5) is 22.2. The average Bonchev–Trinajstić information content (AvgIpc) is 2.27. The summed E-state index contributed by atoms with van der Waals surface area (Å²) in [6.07, 6.45) is -0.330. The Kier molecular flexibility index (Phi) is 5.13. The second-order valence-corrected chi connectivity index (χ2v) is 3.27. The minimum atomic E-state index is -0.583. The normalized spacial score (nSPS) is 9.76. The highest BCUT2D eigenvalue weighted by atomic mass is 19.1. The summed E-state index contributed by atoms with van der Waals surface area (Å²) in [5.74, 6) is -1.18. The van der Waals surface area contributed by atoms with Gasteiger partial charge in [-0.15, -0.1) is 0 Å². The molecule has 1 aromatic rings. The number of ether oxygens (including phenoxy) is 2. The Hall–Kier alpha value is -1.91. The fourth-order valence-electron chi connectivity index (χ4n) is 1.14. The standard InChI is InChI=1S/C12H13FO4/c1-2-16-12(15)7-10(14)8-17-11-5-3-4-9(13)6-11/h3-6H,2,7-8H2,1H3. The molecule has 0 saturated heterocycles. The first-order valence-electron chi connectivity index (χ1n) is 5.17. The molecule has 0 unspecified atom stereocenters. The number of hydrogen-bond donors (Lipinski definition) is 0. The Morgan fingerprint density at radius 2 is 2.12 bits per heavy atom. The fourth-order valence-corrected chi connectivity index (χ4v) is 1.14. The maximum atomic E-state index is 12.8. The van der Waals surface area contributed by atoms with Crippen LogP contribution in [0, 0.1) is 5.82 Å². The van der Waals surface area contributed by atoms with Crippen molar-refractivity contribution in [1.82, 2.24) is 0 Å². The molecule has 0 aliphatic rings. The highest BCUT2D eigenvalue weighted by molar-refractivity contribution is 5.96. The van der Waals surface area contributed by atoms with Crippen LogP contribution in [0.5, 0.6) is 5.75 Å². The molecule has 0 radical (unpaired) electrons.